The lowest BCUT2D eigenvalue weighted by molar-refractivity contribution is -0.194. The lowest BCUT2D eigenvalue weighted by atomic mass is 9.48. The summed E-state index contributed by atoms with van der Waals surface area (Å²) in [7, 11) is 0. The van der Waals surface area contributed by atoms with Crippen molar-refractivity contribution in [3.8, 4) is 0 Å². The topological polar surface area (TPSA) is 29.5 Å². The first-order chi connectivity index (χ1) is 9.19. The zero-order valence-electron chi connectivity index (χ0n) is 11.8. The molecule has 0 spiro atoms. The fourth-order valence-corrected chi connectivity index (χ4v) is 7.03. The predicted octanol–water partition coefficient (Wildman–Crippen LogP) is 3.13. The first-order valence-corrected chi connectivity index (χ1v) is 8.57. The van der Waals surface area contributed by atoms with E-state index in [0.717, 1.165) is 36.5 Å². The van der Waals surface area contributed by atoms with Crippen LogP contribution in [0, 0.1) is 29.6 Å². The van der Waals surface area contributed by atoms with Crippen molar-refractivity contribution in [3.63, 3.8) is 0 Å². The lowest BCUT2D eigenvalue weighted by Crippen LogP contribution is -2.57. The van der Waals surface area contributed by atoms with E-state index in [4.69, 9.17) is 4.74 Å². The highest BCUT2D eigenvalue weighted by atomic mass is 16.5. The van der Waals surface area contributed by atoms with E-state index in [9.17, 15) is 5.11 Å². The molecular weight excluding hydrogens is 236 g/mol. The van der Waals surface area contributed by atoms with Gasteiger partial charge in [-0.1, -0.05) is 0 Å². The Kier molecular flexibility index (Phi) is 2.29. The summed E-state index contributed by atoms with van der Waals surface area (Å²) in [6, 6.07) is 0. The smallest absolute Gasteiger partial charge is 0.0730 e. The van der Waals surface area contributed by atoms with Gasteiger partial charge in [-0.05, 0) is 74.5 Å². The van der Waals surface area contributed by atoms with Gasteiger partial charge in [0.2, 0.25) is 0 Å². The summed E-state index contributed by atoms with van der Waals surface area (Å²) in [6.07, 6.45) is 12.2. The van der Waals surface area contributed by atoms with Gasteiger partial charge < -0.3 is 9.84 Å². The lowest BCUT2D eigenvalue weighted by Gasteiger charge is -2.59. The second-order valence-corrected chi connectivity index (χ2v) is 8.43. The average molecular weight is 262 g/mol. The van der Waals surface area contributed by atoms with Crippen molar-refractivity contribution in [1.82, 2.24) is 0 Å². The van der Waals surface area contributed by atoms with E-state index in [0.29, 0.717) is 18.1 Å². The molecule has 2 unspecified atom stereocenters. The number of hydrogen-bond acceptors (Lipinski definition) is 2. The van der Waals surface area contributed by atoms with Crippen LogP contribution in [0.25, 0.3) is 0 Å². The Balaban J connectivity index is 1.46. The first kappa shape index (κ1) is 11.6. The molecule has 106 valence electrons. The summed E-state index contributed by atoms with van der Waals surface area (Å²) in [4.78, 5) is 0. The van der Waals surface area contributed by atoms with E-state index >= 15 is 0 Å². The van der Waals surface area contributed by atoms with Crippen molar-refractivity contribution >= 4 is 0 Å². The molecule has 19 heavy (non-hydrogen) atoms. The third-order valence-corrected chi connectivity index (χ3v) is 7.21. The highest BCUT2D eigenvalue weighted by Crippen LogP contribution is 2.61. The van der Waals surface area contributed by atoms with Gasteiger partial charge in [0, 0.05) is 12.8 Å². The van der Waals surface area contributed by atoms with Gasteiger partial charge in [0.15, 0.2) is 0 Å². The maximum atomic E-state index is 11.4. The maximum Gasteiger partial charge on any atom is 0.0730 e. The summed E-state index contributed by atoms with van der Waals surface area (Å²) >= 11 is 0. The Hall–Kier alpha value is -0.0800. The number of hydrogen-bond donors (Lipinski definition) is 1. The second kappa shape index (κ2) is 3.76. The molecule has 0 aromatic rings. The minimum absolute atomic E-state index is 0.368. The summed E-state index contributed by atoms with van der Waals surface area (Å²) in [5.41, 5.74) is -0.368. The average Bonchev–Trinajstić information content (AvgIpc) is 2.67. The molecule has 2 saturated heterocycles. The zero-order valence-corrected chi connectivity index (χ0v) is 11.8. The van der Waals surface area contributed by atoms with Crippen molar-refractivity contribution in [3.05, 3.63) is 0 Å². The molecule has 0 radical (unpaired) electrons. The molecule has 4 aliphatic carbocycles. The SMILES string of the molecule is OC1(C2C3CC4CC(C3)CC2C4)CC2CCC(C1)O2. The Labute approximate surface area is 115 Å². The zero-order chi connectivity index (χ0) is 12.6. The minimum Gasteiger partial charge on any atom is -0.389 e. The molecule has 6 rings (SSSR count). The highest BCUT2D eigenvalue weighted by Gasteiger charge is 2.58. The van der Waals surface area contributed by atoms with Gasteiger partial charge in [0.25, 0.3) is 0 Å². The molecule has 6 aliphatic rings. The first-order valence-electron chi connectivity index (χ1n) is 8.57. The van der Waals surface area contributed by atoms with E-state index < -0.39 is 0 Å². The number of fused-ring (bicyclic) bond motifs is 2. The standard InChI is InChI=1S/C17H26O2/c18-17(8-14-1-2-15(9-17)19-14)16-12-4-10-3-11(6-12)7-13(16)5-10/h10-16,18H,1-9H2. The van der Waals surface area contributed by atoms with Crippen LogP contribution in [0.2, 0.25) is 0 Å². The second-order valence-electron chi connectivity index (χ2n) is 8.43. The van der Waals surface area contributed by atoms with Crippen molar-refractivity contribution in [2.45, 2.75) is 75.6 Å². The molecule has 0 amide bonds. The van der Waals surface area contributed by atoms with E-state index in [2.05, 4.69) is 0 Å². The molecule has 2 heterocycles. The van der Waals surface area contributed by atoms with E-state index in [-0.39, 0.29) is 5.60 Å². The molecule has 0 aromatic heterocycles. The summed E-state index contributed by atoms with van der Waals surface area (Å²) in [6.45, 7) is 0. The predicted molar refractivity (Wildman–Crippen MR) is 72.6 cm³/mol. The molecule has 6 bridgehead atoms. The summed E-state index contributed by atoms with van der Waals surface area (Å²) in [5, 5.41) is 11.4. The van der Waals surface area contributed by atoms with Gasteiger partial charge in [0.1, 0.15) is 0 Å². The van der Waals surface area contributed by atoms with Gasteiger partial charge in [-0.2, -0.15) is 0 Å². The van der Waals surface area contributed by atoms with Crippen molar-refractivity contribution < 1.29 is 9.84 Å². The van der Waals surface area contributed by atoms with Crippen LogP contribution in [0.5, 0.6) is 0 Å². The molecule has 6 fully saturated rings. The van der Waals surface area contributed by atoms with Gasteiger partial charge in [-0.25, -0.2) is 0 Å². The van der Waals surface area contributed by atoms with E-state index in [1.54, 1.807) is 0 Å². The minimum atomic E-state index is -0.368. The number of ether oxygens (including phenoxy) is 1. The molecule has 2 aliphatic heterocycles. The molecule has 0 aromatic carbocycles. The fraction of sp³-hybridized carbons (Fsp3) is 1.00. The van der Waals surface area contributed by atoms with Crippen LogP contribution in [0.4, 0.5) is 0 Å². The van der Waals surface area contributed by atoms with Crippen LogP contribution in [-0.2, 0) is 4.74 Å². The molecule has 4 saturated carbocycles. The van der Waals surface area contributed by atoms with Crippen LogP contribution < -0.4 is 0 Å². The Bertz CT molecular complexity index is 351. The number of rotatable bonds is 1. The molecular formula is C17H26O2. The summed E-state index contributed by atoms with van der Waals surface area (Å²) < 4.78 is 5.98. The van der Waals surface area contributed by atoms with E-state index in [1.807, 2.05) is 0 Å². The van der Waals surface area contributed by atoms with Gasteiger partial charge in [-0.15, -0.1) is 0 Å². The third kappa shape index (κ3) is 1.62. The van der Waals surface area contributed by atoms with Crippen LogP contribution in [0.3, 0.4) is 0 Å². The van der Waals surface area contributed by atoms with Crippen molar-refractivity contribution in [2.75, 3.05) is 0 Å². The third-order valence-electron chi connectivity index (χ3n) is 7.21. The highest BCUT2D eigenvalue weighted by molar-refractivity contribution is 5.08. The van der Waals surface area contributed by atoms with Crippen LogP contribution in [0.1, 0.15) is 57.8 Å². The normalized spacial score (nSPS) is 62.7. The van der Waals surface area contributed by atoms with Crippen molar-refractivity contribution in [2.24, 2.45) is 29.6 Å². The molecule has 1 N–H and O–H groups in total. The Morgan fingerprint density at radius 1 is 0.789 bits per heavy atom. The van der Waals surface area contributed by atoms with Crippen LogP contribution in [-0.4, -0.2) is 22.9 Å². The largest absolute Gasteiger partial charge is 0.389 e. The van der Waals surface area contributed by atoms with Crippen LogP contribution in [0.15, 0.2) is 0 Å². The number of aliphatic hydroxyl groups is 1. The van der Waals surface area contributed by atoms with Crippen LogP contribution >= 0.6 is 0 Å². The fourth-order valence-electron chi connectivity index (χ4n) is 7.03. The Morgan fingerprint density at radius 3 is 1.84 bits per heavy atom. The molecule has 2 nitrogen and oxygen atoms in total. The van der Waals surface area contributed by atoms with E-state index in [1.165, 1.54) is 44.9 Å². The van der Waals surface area contributed by atoms with Gasteiger partial charge in [0.05, 0.1) is 17.8 Å². The van der Waals surface area contributed by atoms with Gasteiger partial charge >= 0.3 is 0 Å². The summed E-state index contributed by atoms with van der Waals surface area (Å²) in [5.74, 6) is 4.34. The Morgan fingerprint density at radius 2 is 1.32 bits per heavy atom. The molecule has 2 heteroatoms. The molecule has 2 atom stereocenters. The quantitative estimate of drug-likeness (QED) is 0.786. The monoisotopic (exact) mass is 262 g/mol. The van der Waals surface area contributed by atoms with Crippen molar-refractivity contribution in [1.29, 1.82) is 0 Å². The van der Waals surface area contributed by atoms with Gasteiger partial charge in [-0.3, -0.25) is 0 Å². The maximum absolute atomic E-state index is 11.4.